The van der Waals surface area contributed by atoms with Gasteiger partial charge in [-0.3, -0.25) is 0 Å². The fourth-order valence-corrected chi connectivity index (χ4v) is 2.05. The third kappa shape index (κ3) is 3.93. The van der Waals surface area contributed by atoms with Gasteiger partial charge in [-0.1, -0.05) is 0 Å². The maximum Gasteiger partial charge on any atom is 0.323 e. The van der Waals surface area contributed by atoms with E-state index < -0.39 is 0 Å². The number of hydrogen-bond acceptors (Lipinski definition) is 7. The Morgan fingerprint density at radius 1 is 1.30 bits per heavy atom. The second-order valence-electron chi connectivity index (χ2n) is 5.44. The van der Waals surface area contributed by atoms with Crippen molar-refractivity contribution in [1.82, 2.24) is 15.0 Å². The van der Waals surface area contributed by atoms with Crippen molar-refractivity contribution in [2.75, 3.05) is 30.8 Å². The van der Waals surface area contributed by atoms with Crippen LogP contribution in [-0.2, 0) is 4.74 Å². The summed E-state index contributed by atoms with van der Waals surface area (Å²) >= 11 is 0. The maximum absolute atomic E-state index is 5.73. The Balaban J connectivity index is 2.05. The van der Waals surface area contributed by atoms with E-state index in [9.17, 15) is 0 Å². The summed E-state index contributed by atoms with van der Waals surface area (Å²) in [6.45, 7) is 7.45. The molecule has 0 saturated carbocycles. The van der Waals surface area contributed by atoms with E-state index in [-0.39, 0.29) is 11.7 Å². The minimum atomic E-state index is -0.147. The lowest BCUT2D eigenvalue weighted by Crippen LogP contribution is -2.33. The van der Waals surface area contributed by atoms with Gasteiger partial charge in [-0.2, -0.15) is 15.0 Å². The molecule has 1 fully saturated rings. The highest BCUT2D eigenvalue weighted by molar-refractivity contribution is 5.35. The predicted octanol–water partition coefficient (Wildman–Crippen LogP) is 1.68. The third-order valence-electron chi connectivity index (χ3n) is 3.10. The largest absolute Gasteiger partial charge is 0.461 e. The number of nitrogens with one attached hydrogen (secondary N) is 2. The second-order valence-corrected chi connectivity index (χ2v) is 5.44. The van der Waals surface area contributed by atoms with E-state index in [0.717, 1.165) is 19.4 Å². The van der Waals surface area contributed by atoms with Crippen molar-refractivity contribution in [2.24, 2.45) is 0 Å². The van der Waals surface area contributed by atoms with Crippen molar-refractivity contribution in [3.63, 3.8) is 0 Å². The van der Waals surface area contributed by atoms with Crippen molar-refractivity contribution in [1.29, 1.82) is 0 Å². The molecule has 2 N–H and O–H groups in total. The quantitative estimate of drug-likeness (QED) is 0.821. The van der Waals surface area contributed by atoms with Gasteiger partial charge in [-0.05, 0) is 33.6 Å². The first kappa shape index (κ1) is 14.8. The third-order valence-corrected chi connectivity index (χ3v) is 3.10. The van der Waals surface area contributed by atoms with E-state index in [4.69, 9.17) is 9.47 Å². The summed E-state index contributed by atoms with van der Waals surface area (Å²) in [5.74, 6) is 0.979. The van der Waals surface area contributed by atoms with Crippen molar-refractivity contribution in [3.05, 3.63) is 0 Å². The normalized spacial score (nSPS) is 22.1. The zero-order chi connectivity index (χ0) is 14.6. The van der Waals surface area contributed by atoms with E-state index >= 15 is 0 Å². The predicted molar refractivity (Wildman–Crippen MR) is 77.2 cm³/mol. The highest BCUT2D eigenvalue weighted by Crippen LogP contribution is 2.25. The highest BCUT2D eigenvalue weighted by Gasteiger charge is 2.29. The van der Waals surface area contributed by atoms with Crippen molar-refractivity contribution in [3.8, 4) is 6.01 Å². The van der Waals surface area contributed by atoms with Gasteiger partial charge in [0.1, 0.15) is 0 Å². The molecule has 1 saturated heterocycles. The van der Waals surface area contributed by atoms with E-state index in [0.29, 0.717) is 24.5 Å². The lowest BCUT2D eigenvalue weighted by Gasteiger charge is -2.23. The number of anilines is 2. The average Bonchev–Trinajstić information content (AvgIpc) is 2.83. The van der Waals surface area contributed by atoms with E-state index in [2.05, 4.69) is 32.5 Å². The van der Waals surface area contributed by atoms with Gasteiger partial charge >= 0.3 is 6.01 Å². The first-order valence-corrected chi connectivity index (χ1v) is 6.99. The minimum absolute atomic E-state index is 0.0191. The summed E-state index contributed by atoms with van der Waals surface area (Å²) in [5.41, 5.74) is -0.147. The Hall–Kier alpha value is -1.63. The van der Waals surface area contributed by atoms with Gasteiger partial charge in [0.2, 0.25) is 11.9 Å². The lowest BCUT2D eigenvalue weighted by atomic mass is 10.0. The summed E-state index contributed by atoms with van der Waals surface area (Å²) in [5, 5.41) is 6.11. The van der Waals surface area contributed by atoms with Gasteiger partial charge in [0.05, 0.1) is 11.7 Å². The van der Waals surface area contributed by atoms with Crippen LogP contribution in [0.3, 0.4) is 0 Å². The van der Waals surface area contributed by atoms with E-state index in [1.54, 1.807) is 7.05 Å². The fraction of sp³-hybridized carbons (Fsp3) is 0.769. The van der Waals surface area contributed by atoms with Gasteiger partial charge in [0.15, 0.2) is 0 Å². The smallest absolute Gasteiger partial charge is 0.323 e. The van der Waals surface area contributed by atoms with Crippen LogP contribution in [0.4, 0.5) is 11.9 Å². The van der Waals surface area contributed by atoms with Crippen LogP contribution in [0.1, 0.15) is 33.6 Å². The van der Waals surface area contributed by atoms with Gasteiger partial charge in [-0.25, -0.2) is 0 Å². The summed E-state index contributed by atoms with van der Waals surface area (Å²) in [6.07, 6.45) is 2.16. The number of rotatable bonds is 6. The Labute approximate surface area is 119 Å². The van der Waals surface area contributed by atoms with Gasteiger partial charge < -0.3 is 20.1 Å². The van der Waals surface area contributed by atoms with Gasteiger partial charge in [-0.15, -0.1) is 0 Å². The highest BCUT2D eigenvalue weighted by atomic mass is 16.5. The summed E-state index contributed by atoms with van der Waals surface area (Å²) in [4.78, 5) is 12.7. The molecule has 0 radical (unpaired) electrons. The molecule has 1 unspecified atom stereocenters. The molecular weight excluding hydrogens is 258 g/mol. The molecule has 0 amide bonds. The summed E-state index contributed by atoms with van der Waals surface area (Å²) in [7, 11) is 1.76. The van der Waals surface area contributed by atoms with Crippen LogP contribution < -0.4 is 15.4 Å². The van der Waals surface area contributed by atoms with Crippen LogP contribution in [0, 0.1) is 0 Å². The molecule has 1 aliphatic rings. The molecule has 112 valence electrons. The van der Waals surface area contributed by atoms with Crippen LogP contribution in [0.5, 0.6) is 6.01 Å². The Kier molecular flexibility index (Phi) is 4.59. The fourth-order valence-electron chi connectivity index (χ4n) is 2.05. The summed E-state index contributed by atoms with van der Waals surface area (Å²) in [6, 6.07) is 0.319. The molecule has 0 aromatic carbocycles. The van der Waals surface area contributed by atoms with E-state index in [1.807, 2.05) is 13.8 Å². The minimum Gasteiger partial charge on any atom is -0.461 e. The molecule has 0 aliphatic carbocycles. The van der Waals surface area contributed by atoms with Gasteiger partial charge in [0, 0.05) is 20.2 Å². The summed E-state index contributed by atoms with van der Waals surface area (Å²) < 4.78 is 11.3. The molecule has 2 heterocycles. The van der Waals surface area contributed by atoms with E-state index in [1.165, 1.54) is 0 Å². The van der Waals surface area contributed by atoms with Crippen LogP contribution in [0.25, 0.3) is 0 Å². The van der Waals surface area contributed by atoms with Crippen LogP contribution in [-0.4, -0.2) is 46.9 Å². The number of hydrogen-bond donors (Lipinski definition) is 2. The number of aromatic nitrogens is 3. The Bertz CT molecular complexity index is 446. The molecule has 20 heavy (non-hydrogen) atoms. The molecule has 0 bridgehead atoms. The topological polar surface area (TPSA) is 81.2 Å². The monoisotopic (exact) mass is 281 g/mol. The molecule has 1 aromatic heterocycles. The lowest BCUT2D eigenvalue weighted by molar-refractivity contribution is 0.0314. The van der Waals surface area contributed by atoms with Crippen molar-refractivity contribution < 1.29 is 9.47 Å². The van der Waals surface area contributed by atoms with Gasteiger partial charge in [0.25, 0.3) is 0 Å². The molecule has 7 nitrogen and oxygen atoms in total. The molecule has 1 atom stereocenters. The molecule has 7 heteroatoms. The average molecular weight is 281 g/mol. The Morgan fingerprint density at radius 3 is 2.65 bits per heavy atom. The Morgan fingerprint density at radius 2 is 2.05 bits per heavy atom. The molecule has 1 aliphatic heterocycles. The first-order chi connectivity index (χ1) is 9.50. The first-order valence-electron chi connectivity index (χ1n) is 6.99. The van der Waals surface area contributed by atoms with Crippen LogP contribution in [0.15, 0.2) is 0 Å². The number of ether oxygens (including phenoxy) is 2. The maximum atomic E-state index is 5.73. The molecule has 1 aromatic rings. The molecular formula is C13H23N5O2. The number of nitrogens with zero attached hydrogens (tertiary/aromatic N) is 3. The second kappa shape index (κ2) is 6.21. The van der Waals surface area contributed by atoms with Crippen molar-refractivity contribution >= 4 is 11.9 Å². The zero-order valence-corrected chi connectivity index (χ0v) is 12.6. The van der Waals surface area contributed by atoms with Crippen molar-refractivity contribution in [2.45, 2.75) is 45.3 Å². The van der Waals surface area contributed by atoms with Crippen LogP contribution >= 0.6 is 0 Å². The van der Waals surface area contributed by atoms with Crippen LogP contribution in [0.2, 0.25) is 0 Å². The molecule has 2 rings (SSSR count). The standard InChI is InChI=1S/C13H23N5O2/c1-9(2)20-12-17-10(14-4)16-11(18-12)15-8-13(3)6-5-7-19-13/h9H,5-8H2,1-4H3,(H2,14,15,16,17,18). The molecule has 0 spiro atoms. The SMILES string of the molecule is CNc1nc(NCC2(C)CCCO2)nc(OC(C)C)n1. The zero-order valence-electron chi connectivity index (χ0n) is 12.6.